The van der Waals surface area contributed by atoms with Gasteiger partial charge in [-0.1, -0.05) is 0 Å². The Bertz CT molecular complexity index is 161. The van der Waals surface area contributed by atoms with Crippen molar-refractivity contribution >= 4 is 0 Å². The number of hydrogen-bond acceptors (Lipinski definition) is 3. The Hall–Kier alpha value is -0.750. The van der Waals surface area contributed by atoms with Gasteiger partial charge in [0.25, 0.3) is 0 Å². The van der Waals surface area contributed by atoms with E-state index in [9.17, 15) is 0 Å². The fourth-order valence-corrected chi connectivity index (χ4v) is 1.49. The third-order valence-electron chi connectivity index (χ3n) is 2.50. The van der Waals surface area contributed by atoms with E-state index in [2.05, 4.69) is 32.0 Å². The molecular weight excluding hydrogens is 138 g/mol. The van der Waals surface area contributed by atoms with Crippen LogP contribution in [0.15, 0.2) is 0 Å². The summed E-state index contributed by atoms with van der Waals surface area (Å²) in [5, 5.41) is 8.67. The van der Waals surface area contributed by atoms with Crippen molar-refractivity contribution in [2.24, 2.45) is 0 Å². The summed E-state index contributed by atoms with van der Waals surface area (Å²) in [4.78, 5) is 4.14. The third kappa shape index (κ3) is 1.63. The highest BCUT2D eigenvalue weighted by atomic mass is 15.3. The molecular formula is C8H15N3. The van der Waals surface area contributed by atoms with Gasteiger partial charge in [-0.2, -0.15) is 5.26 Å². The van der Waals surface area contributed by atoms with Crippen molar-refractivity contribution < 1.29 is 0 Å². The molecule has 2 atom stereocenters. The lowest BCUT2D eigenvalue weighted by Crippen LogP contribution is -2.53. The molecule has 0 bridgehead atoms. The summed E-state index contributed by atoms with van der Waals surface area (Å²) in [5.41, 5.74) is 0. The molecule has 3 nitrogen and oxygen atoms in total. The van der Waals surface area contributed by atoms with E-state index in [0.29, 0.717) is 12.1 Å². The third-order valence-corrected chi connectivity index (χ3v) is 2.50. The molecule has 0 N–H and O–H groups in total. The molecule has 1 aliphatic heterocycles. The minimum atomic E-state index is 0.499. The molecule has 0 aromatic carbocycles. The second-order valence-electron chi connectivity index (χ2n) is 3.37. The zero-order chi connectivity index (χ0) is 8.43. The van der Waals surface area contributed by atoms with Crippen molar-refractivity contribution in [1.82, 2.24) is 9.80 Å². The maximum atomic E-state index is 8.67. The van der Waals surface area contributed by atoms with E-state index in [1.165, 1.54) is 0 Å². The number of nitrogens with zero attached hydrogens (tertiary/aromatic N) is 3. The lowest BCUT2D eigenvalue weighted by Gasteiger charge is -2.39. The van der Waals surface area contributed by atoms with Gasteiger partial charge in [-0.05, 0) is 20.9 Å². The van der Waals surface area contributed by atoms with Gasteiger partial charge in [0.05, 0.1) is 0 Å². The van der Waals surface area contributed by atoms with Crippen LogP contribution in [0.4, 0.5) is 0 Å². The van der Waals surface area contributed by atoms with Gasteiger partial charge in [0.2, 0.25) is 0 Å². The molecule has 1 fully saturated rings. The van der Waals surface area contributed by atoms with Crippen molar-refractivity contribution in [2.45, 2.75) is 25.9 Å². The summed E-state index contributed by atoms with van der Waals surface area (Å²) < 4.78 is 0. The summed E-state index contributed by atoms with van der Waals surface area (Å²) in [7, 11) is 2.12. The Morgan fingerprint density at radius 3 is 2.09 bits per heavy atom. The van der Waals surface area contributed by atoms with Crippen LogP contribution in [0, 0.1) is 11.5 Å². The molecule has 3 heteroatoms. The van der Waals surface area contributed by atoms with E-state index in [-0.39, 0.29) is 0 Å². The maximum Gasteiger partial charge on any atom is 0.179 e. The van der Waals surface area contributed by atoms with E-state index < -0.39 is 0 Å². The minimum Gasteiger partial charge on any atom is -0.308 e. The Balaban J connectivity index is 2.56. The monoisotopic (exact) mass is 153 g/mol. The average Bonchev–Trinajstić information content (AvgIpc) is 1.99. The summed E-state index contributed by atoms with van der Waals surface area (Å²) in [6, 6.07) is 0.997. The van der Waals surface area contributed by atoms with Gasteiger partial charge >= 0.3 is 0 Å². The molecule has 1 saturated heterocycles. The minimum absolute atomic E-state index is 0.499. The molecule has 0 radical (unpaired) electrons. The van der Waals surface area contributed by atoms with E-state index >= 15 is 0 Å². The molecule has 11 heavy (non-hydrogen) atoms. The molecule has 0 aromatic rings. The predicted octanol–water partition coefficient (Wildman–Crippen LogP) is 0.492. The molecule has 0 unspecified atom stereocenters. The second-order valence-corrected chi connectivity index (χ2v) is 3.37. The second kappa shape index (κ2) is 3.10. The fourth-order valence-electron chi connectivity index (χ4n) is 1.49. The number of likely N-dealkylation sites (N-methyl/N-ethyl adjacent to an activating group) is 1. The van der Waals surface area contributed by atoms with Gasteiger partial charge in [0.15, 0.2) is 6.19 Å². The standard InChI is InChI=1S/C8H15N3/c1-7-4-11(6-9)5-8(2)10(7)3/h7-8H,4-5H2,1-3H3/t7-,8+. The molecule has 1 aliphatic rings. The van der Waals surface area contributed by atoms with Crippen molar-refractivity contribution in [3.8, 4) is 6.19 Å². The van der Waals surface area contributed by atoms with Crippen molar-refractivity contribution in [1.29, 1.82) is 5.26 Å². The number of nitriles is 1. The lowest BCUT2D eigenvalue weighted by atomic mass is 10.1. The van der Waals surface area contributed by atoms with E-state index in [0.717, 1.165) is 13.1 Å². The highest BCUT2D eigenvalue weighted by Crippen LogP contribution is 2.11. The first-order chi connectivity index (χ1) is 5.15. The van der Waals surface area contributed by atoms with Crippen LogP contribution in [0.2, 0.25) is 0 Å². The van der Waals surface area contributed by atoms with Crippen LogP contribution in [0.25, 0.3) is 0 Å². The van der Waals surface area contributed by atoms with Crippen molar-refractivity contribution in [2.75, 3.05) is 20.1 Å². The first-order valence-corrected chi connectivity index (χ1v) is 4.01. The summed E-state index contributed by atoms with van der Waals surface area (Å²) in [6.07, 6.45) is 2.19. The quantitative estimate of drug-likeness (QED) is 0.474. The summed E-state index contributed by atoms with van der Waals surface area (Å²) >= 11 is 0. The normalized spacial score (nSPS) is 33.5. The van der Waals surface area contributed by atoms with Gasteiger partial charge < -0.3 is 4.90 Å². The number of rotatable bonds is 0. The highest BCUT2D eigenvalue weighted by molar-refractivity contribution is 4.88. The lowest BCUT2D eigenvalue weighted by molar-refractivity contribution is 0.0921. The molecule has 0 spiro atoms. The Morgan fingerprint density at radius 1 is 1.27 bits per heavy atom. The molecule has 0 aromatic heterocycles. The topological polar surface area (TPSA) is 30.3 Å². The molecule has 1 rings (SSSR count). The Morgan fingerprint density at radius 2 is 1.73 bits per heavy atom. The fraction of sp³-hybridized carbons (Fsp3) is 0.875. The number of hydrogen-bond donors (Lipinski definition) is 0. The maximum absolute atomic E-state index is 8.67. The van der Waals surface area contributed by atoms with Gasteiger partial charge in [0.1, 0.15) is 0 Å². The van der Waals surface area contributed by atoms with Gasteiger partial charge in [-0.25, -0.2) is 0 Å². The summed E-state index contributed by atoms with van der Waals surface area (Å²) in [5.74, 6) is 0. The molecule has 0 aliphatic carbocycles. The highest BCUT2D eigenvalue weighted by Gasteiger charge is 2.25. The van der Waals surface area contributed by atoms with Crippen LogP contribution < -0.4 is 0 Å². The predicted molar refractivity (Wildman–Crippen MR) is 43.9 cm³/mol. The zero-order valence-electron chi connectivity index (χ0n) is 7.41. The van der Waals surface area contributed by atoms with Crippen LogP contribution in [0.5, 0.6) is 0 Å². The van der Waals surface area contributed by atoms with Crippen LogP contribution in [0.3, 0.4) is 0 Å². The van der Waals surface area contributed by atoms with Gasteiger partial charge in [0, 0.05) is 25.2 Å². The average molecular weight is 153 g/mol. The van der Waals surface area contributed by atoms with Crippen molar-refractivity contribution in [3.63, 3.8) is 0 Å². The van der Waals surface area contributed by atoms with E-state index in [1.807, 2.05) is 4.90 Å². The molecule has 62 valence electrons. The van der Waals surface area contributed by atoms with E-state index in [4.69, 9.17) is 5.26 Å². The molecule has 0 saturated carbocycles. The summed E-state index contributed by atoms with van der Waals surface area (Å²) in [6.45, 7) is 6.05. The SMILES string of the molecule is C[C@@H]1CN(C#N)C[C@H](C)N1C. The largest absolute Gasteiger partial charge is 0.308 e. The smallest absolute Gasteiger partial charge is 0.179 e. The Labute approximate surface area is 68.2 Å². The number of piperazine rings is 1. The van der Waals surface area contributed by atoms with Gasteiger partial charge in [-0.15, -0.1) is 0 Å². The van der Waals surface area contributed by atoms with Crippen molar-refractivity contribution in [3.05, 3.63) is 0 Å². The van der Waals surface area contributed by atoms with Crippen LogP contribution >= 0.6 is 0 Å². The Kier molecular flexibility index (Phi) is 2.35. The molecule has 0 amide bonds. The van der Waals surface area contributed by atoms with Crippen LogP contribution in [-0.2, 0) is 0 Å². The van der Waals surface area contributed by atoms with Crippen LogP contribution in [-0.4, -0.2) is 42.0 Å². The molecule has 1 heterocycles. The first kappa shape index (κ1) is 8.35. The van der Waals surface area contributed by atoms with Gasteiger partial charge in [-0.3, -0.25) is 4.90 Å². The zero-order valence-corrected chi connectivity index (χ0v) is 7.41. The van der Waals surface area contributed by atoms with E-state index in [1.54, 1.807) is 0 Å². The van der Waals surface area contributed by atoms with Crippen LogP contribution in [0.1, 0.15) is 13.8 Å². The first-order valence-electron chi connectivity index (χ1n) is 4.01.